The molecule has 0 atom stereocenters. The number of ether oxygens (including phenoxy) is 1. The molecule has 0 aliphatic heterocycles. The number of aryl methyl sites for hydroxylation is 3. The quantitative estimate of drug-likeness (QED) is 0.680. The fourth-order valence-corrected chi connectivity index (χ4v) is 2.04. The Morgan fingerprint density at radius 3 is 2.64 bits per heavy atom. The summed E-state index contributed by atoms with van der Waals surface area (Å²) in [6.45, 7) is 5.93. The molecular formula is C18H20N2O2. The molecule has 2 rings (SSSR count). The van der Waals surface area contributed by atoms with Gasteiger partial charge in [0.1, 0.15) is 5.75 Å². The molecule has 1 amide bonds. The van der Waals surface area contributed by atoms with Crippen LogP contribution in [0, 0.1) is 20.8 Å². The van der Waals surface area contributed by atoms with E-state index in [2.05, 4.69) is 16.6 Å². The van der Waals surface area contributed by atoms with Crippen molar-refractivity contribution in [3.63, 3.8) is 0 Å². The van der Waals surface area contributed by atoms with Crippen molar-refractivity contribution in [3.05, 3.63) is 64.7 Å². The maximum absolute atomic E-state index is 11.7. The zero-order chi connectivity index (χ0) is 15.9. The Balaban J connectivity index is 1.85. The summed E-state index contributed by atoms with van der Waals surface area (Å²) in [4.78, 5) is 11.7. The lowest BCUT2D eigenvalue weighted by molar-refractivity contribution is -0.123. The smallest absolute Gasteiger partial charge is 0.277 e. The molecule has 0 aromatic heterocycles. The first-order valence-electron chi connectivity index (χ1n) is 7.14. The van der Waals surface area contributed by atoms with Gasteiger partial charge >= 0.3 is 0 Å². The number of nitrogens with zero attached hydrogens (tertiary/aromatic N) is 1. The van der Waals surface area contributed by atoms with E-state index in [1.54, 1.807) is 6.21 Å². The Bertz CT molecular complexity index is 693. The number of hydrazone groups is 1. The zero-order valence-electron chi connectivity index (χ0n) is 13.1. The van der Waals surface area contributed by atoms with E-state index in [0.29, 0.717) is 5.75 Å². The van der Waals surface area contributed by atoms with E-state index in [0.717, 1.165) is 16.7 Å². The van der Waals surface area contributed by atoms with Gasteiger partial charge in [0.25, 0.3) is 5.91 Å². The van der Waals surface area contributed by atoms with Gasteiger partial charge in [0, 0.05) is 0 Å². The number of amides is 1. The number of carbonyl (C=O) groups is 1. The predicted octanol–water partition coefficient (Wildman–Crippen LogP) is 3.14. The third-order valence-electron chi connectivity index (χ3n) is 3.27. The maximum atomic E-state index is 11.7. The van der Waals surface area contributed by atoms with Crippen LogP contribution < -0.4 is 10.2 Å². The Morgan fingerprint density at radius 1 is 1.14 bits per heavy atom. The molecule has 0 aliphatic rings. The lowest BCUT2D eigenvalue weighted by atomic mass is 10.1. The first-order valence-corrected chi connectivity index (χ1v) is 7.14. The van der Waals surface area contributed by atoms with Crippen LogP contribution in [0.2, 0.25) is 0 Å². The van der Waals surface area contributed by atoms with Crippen molar-refractivity contribution in [2.75, 3.05) is 6.61 Å². The maximum Gasteiger partial charge on any atom is 0.277 e. The predicted molar refractivity (Wildman–Crippen MR) is 88.3 cm³/mol. The number of nitrogens with one attached hydrogen (secondary N) is 1. The van der Waals surface area contributed by atoms with Crippen LogP contribution in [0.1, 0.15) is 22.3 Å². The average Bonchev–Trinajstić information content (AvgIpc) is 2.49. The third kappa shape index (κ3) is 4.45. The number of hydrogen-bond acceptors (Lipinski definition) is 3. The Kier molecular flexibility index (Phi) is 5.31. The SMILES string of the molecule is Cc1ccc(/C=N/NC(=O)COc2ccccc2C)c(C)c1. The molecule has 0 fully saturated rings. The molecule has 1 N–H and O–H groups in total. The van der Waals surface area contributed by atoms with E-state index in [1.165, 1.54) is 5.56 Å². The monoisotopic (exact) mass is 296 g/mol. The van der Waals surface area contributed by atoms with Gasteiger partial charge in [-0.25, -0.2) is 5.43 Å². The Morgan fingerprint density at radius 2 is 1.91 bits per heavy atom. The second-order valence-electron chi connectivity index (χ2n) is 5.21. The molecule has 0 spiro atoms. The molecule has 0 saturated carbocycles. The summed E-state index contributed by atoms with van der Waals surface area (Å²) in [5.41, 5.74) is 6.76. The van der Waals surface area contributed by atoms with Gasteiger partial charge in [-0.2, -0.15) is 5.10 Å². The van der Waals surface area contributed by atoms with Crippen molar-refractivity contribution < 1.29 is 9.53 Å². The van der Waals surface area contributed by atoms with Crippen molar-refractivity contribution in [2.45, 2.75) is 20.8 Å². The minimum absolute atomic E-state index is 0.0604. The van der Waals surface area contributed by atoms with Crippen molar-refractivity contribution in [1.29, 1.82) is 0 Å². The van der Waals surface area contributed by atoms with Gasteiger partial charge in [0.15, 0.2) is 6.61 Å². The van der Waals surface area contributed by atoms with Crippen LogP contribution in [-0.4, -0.2) is 18.7 Å². The second kappa shape index (κ2) is 7.41. The molecular weight excluding hydrogens is 276 g/mol. The van der Waals surface area contributed by atoms with Crippen molar-refractivity contribution in [1.82, 2.24) is 5.43 Å². The van der Waals surface area contributed by atoms with E-state index >= 15 is 0 Å². The number of hydrogen-bond donors (Lipinski definition) is 1. The summed E-state index contributed by atoms with van der Waals surface area (Å²) in [5.74, 6) is 0.417. The van der Waals surface area contributed by atoms with Crippen LogP contribution in [0.4, 0.5) is 0 Å². The third-order valence-corrected chi connectivity index (χ3v) is 3.27. The molecule has 2 aromatic carbocycles. The van der Waals surface area contributed by atoms with Crippen LogP contribution in [0.5, 0.6) is 5.75 Å². The summed E-state index contributed by atoms with van der Waals surface area (Å²) >= 11 is 0. The van der Waals surface area contributed by atoms with Crippen LogP contribution >= 0.6 is 0 Å². The van der Waals surface area contributed by atoms with E-state index in [4.69, 9.17) is 4.74 Å². The minimum atomic E-state index is -0.288. The molecule has 22 heavy (non-hydrogen) atoms. The fourth-order valence-electron chi connectivity index (χ4n) is 2.04. The molecule has 0 radical (unpaired) electrons. The Hall–Kier alpha value is -2.62. The summed E-state index contributed by atoms with van der Waals surface area (Å²) in [7, 11) is 0. The summed E-state index contributed by atoms with van der Waals surface area (Å²) in [5, 5.41) is 3.96. The topological polar surface area (TPSA) is 50.7 Å². The van der Waals surface area contributed by atoms with Gasteiger partial charge in [-0.05, 0) is 43.5 Å². The molecule has 0 aliphatic carbocycles. The van der Waals surface area contributed by atoms with Crippen LogP contribution in [0.3, 0.4) is 0 Å². The van der Waals surface area contributed by atoms with Crippen molar-refractivity contribution in [2.24, 2.45) is 5.10 Å². The van der Waals surface area contributed by atoms with Gasteiger partial charge in [0.05, 0.1) is 6.21 Å². The molecule has 4 heteroatoms. The Labute approximate surface area is 130 Å². The lowest BCUT2D eigenvalue weighted by Crippen LogP contribution is -2.24. The summed E-state index contributed by atoms with van der Waals surface area (Å²) in [6, 6.07) is 13.6. The van der Waals surface area contributed by atoms with Gasteiger partial charge in [0.2, 0.25) is 0 Å². The van der Waals surface area contributed by atoms with Gasteiger partial charge < -0.3 is 4.74 Å². The highest BCUT2D eigenvalue weighted by Gasteiger charge is 2.03. The fraction of sp³-hybridized carbons (Fsp3) is 0.222. The molecule has 2 aromatic rings. The molecule has 114 valence electrons. The van der Waals surface area contributed by atoms with Crippen molar-refractivity contribution >= 4 is 12.1 Å². The van der Waals surface area contributed by atoms with Gasteiger partial charge in [-0.15, -0.1) is 0 Å². The largest absolute Gasteiger partial charge is 0.483 e. The molecule has 0 saturated heterocycles. The number of benzene rings is 2. The number of carbonyl (C=O) groups excluding carboxylic acids is 1. The molecule has 4 nitrogen and oxygen atoms in total. The normalized spacial score (nSPS) is 10.7. The van der Waals surface area contributed by atoms with Crippen LogP contribution in [0.15, 0.2) is 47.6 Å². The van der Waals surface area contributed by atoms with Gasteiger partial charge in [-0.3, -0.25) is 4.79 Å². The molecule has 0 heterocycles. The van der Waals surface area contributed by atoms with E-state index in [1.807, 2.05) is 57.2 Å². The number of para-hydroxylation sites is 1. The second-order valence-corrected chi connectivity index (χ2v) is 5.21. The number of rotatable bonds is 5. The summed E-state index contributed by atoms with van der Waals surface area (Å²) < 4.78 is 5.45. The highest BCUT2D eigenvalue weighted by Crippen LogP contribution is 2.15. The summed E-state index contributed by atoms with van der Waals surface area (Å²) in [6.07, 6.45) is 1.64. The standard InChI is InChI=1S/C18H20N2O2/c1-13-8-9-16(15(3)10-13)11-19-20-18(21)12-22-17-7-5-4-6-14(17)2/h4-11H,12H2,1-3H3,(H,20,21)/b19-11+. The van der Waals surface area contributed by atoms with Crippen LogP contribution in [0.25, 0.3) is 0 Å². The van der Waals surface area contributed by atoms with Crippen molar-refractivity contribution in [3.8, 4) is 5.75 Å². The van der Waals surface area contributed by atoms with Gasteiger partial charge in [-0.1, -0.05) is 42.0 Å². The van der Waals surface area contributed by atoms with Crippen LogP contribution in [-0.2, 0) is 4.79 Å². The lowest BCUT2D eigenvalue weighted by Gasteiger charge is -2.07. The first-order chi connectivity index (χ1) is 10.6. The minimum Gasteiger partial charge on any atom is -0.483 e. The molecule has 0 unspecified atom stereocenters. The van der Waals surface area contributed by atoms with E-state index in [9.17, 15) is 4.79 Å². The first kappa shape index (κ1) is 15.8. The molecule has 0 bridgehead atoms. The average molecular weight is 296 g/mol. The van der Waals surface area contributed by atoms with E-state index < -0.39 is 0 Å². The highest BCUT2D eigenvalue weighted by molar-refractivity contribution is 5.84. The highest BCUT2D eigenvalue weighted by atomic mass is 16.5. The van der Waals surface area contributed by atoms with E-state index in [-0.39, 0.29) is 12.5 Å². The zero-order valence-corrected chi connectivity index (χ0v) is 13.1.